The topological polar surface area (TPSA) is 51.1 Å². The largest absolute Gasteiger partial charge is 0.480 e. The molecule has 0 atom stereocenters. The monoisotopic (exact) mass is 236 g/mol. The van der Waals surface area contributed by atoms with E-state index in [0.29, 0.717) is 18.4 Å². The molecule has 5 nitrogen and oxygen atoms in total. The molecule has 0 saturated carbocycles. The third-order valence-corrected chi connectivity index (χ3v) is 2.76. The quantitative estimate of drug-likeness (QED) is 0.806. The van der Waals surface area contributed by atoms with Gasteiger partial charge in [-0.1, -0.05) is 0 Å². The van der Waals surface area contributed by atoms with Gasteiger partial charge in [0.2, 0.25) is 11.8 Å². The zero-order valence-electron chi connectivity index (χ0n) is 9.12. The first-order valence-corrected chi connectivity index (χ1v) is 5.60. The molecule has 16 heavy (non-hydrogen) atoms. The molecular formula is C10H12N4OS. The van der Waals surface area contributed by atoms with Gasteiger partial charge in [-0.05, 0) is 17.6 Å². The Morgan fingerprint density at radius 3 is 2.81 bits per heavy atom. The number of methoxy groups -OCH3 is 1. The van der Waals surface area contributed by atoms with Gasteiger partial charge in [-0.15, -0.1) is 0 Å². The molecule has 0 aliphatic rings. The second-order valence-electron chi connectivity index (χ2n) is 3.25. The minimum Gasteiger partial charge on any atom is -0.480 e. The molecule has 0 amide bonds. The number of aromatic nitrogens is 3. The second kappa shape index (κ2) is 4.89. The number of anilines is 1. The molecule has 0 radical (unpaired) electrons. The van der Waals surface area contributed by atoms with E-state index in [-0.39, 0.29) is 0 Å². The molecular weight excluding hydrogens is 224 g/mol. The van der Waals surface area contributed by atoms with Gasteiger partial charge in [-0.2, -0.15) is 4.37 Å². The predicted octanol–water partition coefficient (Wildman–Crippen LogP) is 1.58. The van der Waals surface area contributed by atoms with Gasteiger partial charge in [-0.3, -0.25) is 0 Å². The molecule has 2 aromatic rings. The number of hydrogen-bond donors (Lipinski definition) is 0. The van der Waals surface area contributed by atoms with Crippen molar-refractivity contribution < 1.29 is 4.74 Å². The van der Waals surface area contributed by atoms with Crippen LogP contribution in [0.4, 0.5) is 5.95 Å². The molecule has 84 valence electrons. The van der Waals surface area contributed by atoms with Crippen molar-refractivity contribution in [1.29, 1.82) is 0 Å². The number of nitrogens with zero attached hydrogens (tertiary/aromatic N) is 4. The van der Waals surface area contributed by atoms with Crippen LogP contribution in [0.15, 0.2) is 23.8 Å². The summed E-state index contributed by atoms with van der Waals surface area (Å²) >= 11 is 1.39. The lowest BCUT2D eigenvalue weighted by molar-refractivity contribution is 0.397. The minimum atomic E-state index is 0.674. The fraction of sp³-hybridized carbons (Fsp3) is 0.300. The molecule has 0 fully saturated rings. The predicted molar refractivity (Wildman–Crippen MR) is 62.8 cm³/mol. The first-order chi connectivity index (χ1) is 7.81. The molecule has 0 spiro atoms. The standard InChI is InChI=1S/C10H12N4OS/c1-14(10-11-4-3-5-12-10)6-8-7-16-13-9(8)15-2/h3-5,7H,6H2,1-2H3. The van der Waals surface area contributed by atoms with Gasteiger partial charge in [0, 0.05) is 30.4 Å². The summed E-state index contributed by atoms with van der Waals surface area (Å²) in [6, 6.07) is 1.80. The highest BCUT2D eigenvalue weighted by atomic mass is 32.1. The van der Waals surface area contributed by atoms with E-state index in [1.54, 1.807) is 25.6 Å². The second-order valence-corrected chi connectivity index (χ2v) is 3.88. The van der Waals surface area contributed by atoms with E-state index in [0.717, 1.165) is 5.56 Å². The zero-order valence-corrected chi connectivity index (χ0v) is 9.94. The van der Waals surface area contributed by atoms with Crippen LogP contribution >= 0.6 is 11.5 Å². The summed E-state index contributed by atoms with van der Waals surface area (Å²) in [5, 5.41) is 1.97. The highest BCUT2D eigenvalue weighted by molar-refractivity contribution is 7.03. The van der Waals surface area contributed by atoms with Crippen LogP contribution in [0.2, 0.25) is 0 Å². The van der Waals surface area contributed by atoms with E-state index in [2.05, 4.69) is 14.3 Å². The Morgan fingerprint density at radius 2 is 2.12 bits per heavy atom. The molecule has 0 aliphatic heterocycles. The summed E-state index contributed by atoms with van der Waals surface area (Å²) in [6.45, 7) is 0.684. The molecule has 0 aliphatic carbocycles. The van der Waals surface area contributed by atoms with Gasteiger partial charge in [0.15, 0.2) is 0 Å². The van der Waals surface area contributed by atoms with Gasteiger partial charge in [0.1, 0.15) is 0 Å². The summed E-state index contributed by atoms with van der Waals surface area (Å²) in [5.74, 6) is 1.36. The molecule has 6 heteroatoms. The minimum absolute atomic E-state index is 0.674. The maximum Gasteiger partial charge on any atom is 0.229 e. The molecule has 0 aromatic carbocycles. The van der Waals surface area contributed by atoms with E-state index in [1.807, 2.05) is 17.3 Å². The smallest absolute Gasteiger partial charge is 0.229 e. The van der Waals surface area contributed by atoms with Gasteiger partial charge in [-0.25, -0.2) is 9.97 Å². The average molecular weight is 236 g/mol. The summed E-state index contributed by atoms with van der Waals surface area (Å²) < 4.78 is 9.29. The Morgan fingerprint density at radius 1 is 1.38 bits per heavy atom. The number of ether oxygens (including phenoxy) is 1. The lowest BCUT2D eigenvalue weighted by atomic mass is 10.3. The van der Waals surface area contributed by atoms with Crippen molar-refractivity contribution in [2.24, 2.45) is 0 Å². The van der Waals surface area contributed by atoms with Gasteiger partial charge in [0.25, 0.3) is 0 Å². The van der Waals surface area contributed by atoms with Crippen LogP contribution in [0.25, 0.3) is 0 Å². The van der Waals surface area contributed by atoms with Crippen molar-refractivity contribution in [3.63, 3.8) is 0 Å². The van der Waals surface area contributed by atoms with E-state index in [1.165, 1.54) is 11.5 Å². The van der Waals surface area contributed by atoms with Crippen LogP contribution in [0.3, 0.4) is 0 Å². The maximum absolute atomic E-state index is 5.15. The van der Waals surface area contributed by atoms with Crippen molar-refractivity contribution in [3.8, 4) is 5.88 Å². The van der Waals surface area contributed by atoms with Gasteiger partial charge in [0.05, 0.1) is 13.7 Å². The molecule has 0 bridgehead atoms. The van der Waals surface area contributed by atoms with Gasteiger partial charge >= 0.3 is 0 Å². The maximum atomic E-state index is 5.15. The van der Waals surface area contributed by atoms with Crippen LogP contribution < -0.4 is 9.64 Å². The van der Waals surface area contributed by atoms with Gasteiger partial charge < -0.3 is 9.64 Å². The Balaban J connectivity index is 2.11. The summed E-state index contributed by atoms with van der Waals surface area (Å²) in [5.41, 5.74) is 1.04. The van der Waals surface area contributed by atoms with Crippen LogP contribution in [0, 0.1) is 0 Å². The fourth-order valence-electron chi connectivity index (χ4n) is 1.33. The number of hydrogen-bond acceptors (Lipinski definition) is 6. The Labute approximate surface area is 97.9 Å². The molecule has 0 unspecified atom stereocenters. The van der Waals surface area contributed by atoms with Crippen molar-refractivity contribution >= 4 is 17.5 Å². The normalized spacial score (nSPS) is 10.1. The molecule has 2 rings (SSSR count). The van der Waals surface area contributed by atoms with Crippen molar-refractivity contribution in [1.82, 2.24) is 14.3 Å². The van der Waals surface area contributed by atoms with Crippen LogP contribution in [-0.2, 0) is 6.54 Å². The highest BCUT2D eigenvalue weighted by Crippen LogP contribution is 2.20. The van der Waals surface area contributed by atoms with Crippen molar-refractivity contribution in [2.75, 3.05) is 19.1 Å². The van der Waals surface area contributed by atoms with E-state index >= 15 is 0 Å². The molecule has 0 saturated heterocycles. The zero-order chi connectivity index (χ0) is 11.4. The van der Waals surface area contributed by atoms with Crippen molar-refractivity contribution in [3.05, 3.63) is 29.4 Å². The first-order valence-electron chi connectivity index (χ1n) is 4.76. The Hall–Kier alpha value is -1.69. The molecule has 2 heterocycles. The van der Waals surface area contributed by atoms with Crippen molar-refractivity contribution in [2.45, 2.75) is 6.54 Å². The lowest BCUT2D eigenvalue weighted by Crippen LogP contribution is -2.18. The summed E-state index contributed by atoms with van der Waals surface area (Å²) in [4.78, 5) is 10.3. The third-order valence-electron chi connectivity index (χ3n) is 2.10. The average Bonchev–Trinajstić information content (AvgIpc) is 2.77. The summed E-state index contributed by atoms with van der Waals surface area (Å²) in [6.07, 6.45) is 3.45. The van der Waals surface area contributed by atoms with E-state index < -0.39 is 0 Å². The van der Waals surface area contributed by atoms with E-state index in [4.69, 9.17) is 4.74 Å². The Kier molecular flexibility index (Phi) is 3.31. The fourth-order valence-corrected chi connectivity index (χ4v) is 1.98. The summed E-state index contributed by atoms with van der Waals surface area (Å²) in [7, 11) is 3.56. The number of rotatable bonds is 4. The van der Waals surface area contributed by atoms with Crippen LogP contribution in [0.5, 0.6) is 5.88 Å². The van der Waals surface area contributed by atoms with Crippen LogP contribution in [0.1, 0.15) is 5.56 Å². The Bertz CT molecular complexity index is 445. The van der Waals surface area contributed by atoms with Crippen LogP contribution in [-0.4, -0.2) is 28.5 Å². The third kappa shape index (κ3) is 2.27. The highest BCUT2D eigenvalue weighted by Gasteiger charge is 2.10. The van der Waals surface area contributed by atoms with E-state index in [9.17, 15) is 0 Å². The molecule has 2 aromatic heterocycles. The SMILES string of the molecule is COc1nscc1CN(C)c1ncccn1. The molecule has 0 N–H and O–H groups in total. The lowest BCUT2D eigenvalue weighted by Gasteiger charge is -2.15. The first kappa shape index (κ1) is 10.8.